The molecule has 0 unspecified atom stereocenters. The number of para-hydroxylation sites is 1. The maximum atomic E-state index is 3.41. The van der Waals surface area contributed by atoms with Gasteiger partial charge in [-0.2, -0.15) is 0 Å². The molecule has 0 amide bonds. The zero-order valence-electron chi connectivity index (χ0n) is 39.0. The standard InChI is InChI=1S/C32H25N.C23H14.C10H13Br/c1-32(2,3)23-14-16-24(17-15-23)33-27-10-5-4-9-25(27)31-26-18-13-21-8-6-7-20-11-12-22(19-28(31)33)30(26)29(20)21;1-2-7-19-16(4-1)12-18-13-17-9-8-14-5-3-6-15-10-11-20(22(18)19)23(17)21(14)15;1-10(2,3)8-4-6-9(11)7-5-8/h4-19H,1-3H3;1-11,13H,12H2;4-7H,1-3H3. The second-order valence-corrected chi connectivity index (χ2v) is 21.5. The molecule has 324 valence electrons. The van der Waals surface area contributed by atoms with Gasteiger partial charge in [-0.05, 0) is 152 Å². The first-order valence-electron chi connectivity index (χ1n) is 23.6. The summed E-state index contributed by atoms with van der Waals surface area (Å²) in [4.78, 5) is 0. The SMILES string of the molecule is CC(C)(C)c1ccc(-n2c3ccccc3c3c4ccc5cccc6ccc(cc32)c4c65)cc1.CC(C)(C)c1ccc(Br)cc1.c1ccc2c(c1)Cc1cc3ccc4cccc5ccc(c1-2)c3c45. The van der Waals surface area contributed by atoms with Crippen molar-refractivity contribution in [2.45, 2.75) is 58.8 Å². The van der Waals surface area contributed by atoms with Crippen LogP contribution in [0.1, 0.15) is 63.8 Å². The molecule has 67 heavy (non-hydrogen) atoms. The first kappa shape index (κ1) is 41.4. The van der Waals surface area contributed by atoms with E-state index in [1.165, 1.54) is 126 Å². The number of halogens is 1. The average molecular weight is 927 g/mol. The van der Waals surface area contributed by atoms with Gasteiger partial charge in [0.1, 0.15) is 0 Å². The Balaban J connectivity index is 0.000000119. The molecule has 1 aromatic heterocycles. The topological polar surface area (TPSA) is 4.93 Å². The van der Waals surface area contributed by atoms with Crippen molar-refractivity contribution in [2.24, 2.45) is 0 Å². The zero-order chi connectivity index (χ0) is 45.8. The summed E-state index contributed by atoms with van der Waals surface area (Å²) >= 11 is 3.41. The Morgan fingerprint density at radius 3 is 1.51 bits per heavy atom. The molecule has 12 aromatic carbocycles. The predicted molar refractivity (Wildman–Crippen MR) is 294 cm³/mol. The molecule has 0 saturated heterocycles. The third-order valence-corrected chi connectivity index (χ3v) is 14.9. The molecular formula is C65H52BrN. The summed E-state index contributed by atoms with van der Waals surface area (Å²) in [5.74, 6) is 0. The van der Waals surface area contributed by atoms with Gasteiger partial charge in [-0.1, -0.05) is 215 Å². The van der Waals surface area contributed by atoms with E-state index in [9.17, 15) is 0 Å². The fourth-order valence-electron chi connectivity index (χ4n) is 11.1. The molecule has 2 heteroatoms. The van der Waals surface area contributed by atoms with Gasteiger partial charge in [0, 0.05) is 20.9 Å². The number of aromatic nitrogens is 1. The van der Waals surface area contributed by atoms with Crippen molar-refractivity contribution in [3.8, 4) is 16.8 Å². The number of benzene rings is 12. The number of hydrogen-bond acceptors (Lipinski definition) is 0. The van der Waals surface area contributed by atoms with E-state index in [1.807, 2.05) is 0 Å². The molecule has 1 aliphatic rings. The van der Waals surface area contributed by atoms with Crippen LogP contribution in [0.25, 0.3) is 103 Å². The molecule has 0 N–H and O–H groups in total. The lowest BCUT2D eigenvalue weighted by Gasteiger charge is -2.19. The first-order valence-corrected chi connectivity index (χ1v) is 24.4. The van der Waals surface area contributed by atoms with Gasteiger partial charge in [-0.3, -0.25) is 0 Å². The largest absolute Gasteiger partial charge is 0.309 e. The molecule has 0 aliphatic heterocycles. The van der Waals surface area contributed by atoms with Crippen LogP contribution in [0.4, 0.5) is 0 Å². The Kier molecular flexibility index (Phi) is 9.61. The molecule has 0 radical (unpaired) electrons. The third-order valence-electron chi connectivity index (χ3n) is 14.4. The van der Waals surface area contributed by atoms with Crippen molar-refractivity contribution < 1.29 is 0 Å². The average Bonchev–Trinajstić information content (AvgIpc) is 3.88. The summed E-state index contributed by atoms with van der Waals surface area (Å²) in [6.07, 6.45) is 1.06. The van der Waals surface area contributed by atoms with Gasteiger partial charge < -0.3 is 4.57 Å². The lowest BCUT2D eigenvalue weighted by Crippen LogP contribution is -2.10. The van der Waals surface area contributed by atoms with Gasteiger partial charge in [0.25, 0.3) is 0 Å². The molecule has 0 atom stereocenters. The van der Waals surface area contributed by atoms with Crippen LogP contribution in [0, 0.1) is 0 Å². The van der Waals surface area contributed by atoms with Gasteiger partial charge in [0.15, 0.2) is 0 Å². The summed E-state index contributed by atoms with van der Waals surface area (Å²) in [6.45, 7) is 13.5. The molecule has 1 nitrogen and oxygen atoms in total. The molecule has 0 spiro atoms. The smallest absolute Gasteiger partial charge is 0.0553 e. The lowest BCUT2D eigenvalue weighted by atomic mass is 9.87. The van der Waals surface area contributed by atoms with E-state index in [4.69, 9.17) is 0 Å². The summed E-state index contributed by atoms with van der Waals surface area (Å²) < 4.78 is 3.58. The van der Waals surface area contributed by atoms with E-state index < -0.39 is 0 Å². The fourth-order valence-corrected chi connectivity index (χ4v) is 11.3. The highest BCUT2D eigenvalue weighted by molar-refractivity contribution is 9.10. The van der Waals surface area contributed by atoms with Crippen LogP contribution in [-0.2, 0) is 17.3 Å². The van der Waals surface area contributed by atoms with Crippen LogP contribution < -0.4 is 0 Å². The highest BCUT2D eigenvalue weighted by Crippen LogP contribution is 2.47. The quantitative estimate of drug-likeness (QED) is 0.145. The fraction of sp³-hybridized carbons (Fsp3) is 0.138. The van der Waals surface area contributed by atoms with Crippen molar-refractivity contribution in [2.75, 3.05) is 0 Å². The Labute approximate surface area is 401 Å². The first-order chi connectivity index (χ1) is 32.4. The van der Waals surface area contributed by atoms with Crippen LogP contribution in [0.15, 0.2) is 199 Å². The Bertz CT molecular complexity index is 3970. The molecule has 0 saturated carbocycles. The molecular weight excluding hydrogens is 875 g/mol. The highest BCUT2D eigenvalue weighted by Gasteiger charge is 2.23. The molecule has 13 aromatic rings. The zero-order valence-corrected chi connectivity index (χ0v) is 40.6. The van der Waals surface area contributed by atoms with E-state index in [0.717, 1.165) is 10.9 Å². The number of fused-ring (bicyclic) bond motifs is 8. The highest BCUT2D eigenvalue weighted by atomic mass is 79.9. The van der Waals surface area contributed by atoms with Crippen LogP contribution in [0.5, 0.6) is 0 Å². The Morgan fingerprint density at radius 2 is 0.881 bits per heavy atom. The second kappa shape index (κ2) is 15.5. The minimum atomic E-state index is 0.142. The number of rotatable bonds is 1. The third kappa shape index (κ3) is 6.87. The van der Waals surface area contributed by atoms with Crippen LogP contribution in [0.3, 0.4) is 0 Å². The second-order valence-electron chi connectivity index (χ2n) is 20.6. The van der Waals surface area contributed by atoms with E-state index in [0.29, 0.717) is 0 Å². The predicted octanol–water partition coefficient (Wildman–Crippen LogP) is 18.9. The van der Waals surface area contributed by atoms with Crippen LogP contribution in [-0.4, -0.2) is 4.57 Å². The van der Waals surface area contributed by atoms with Gasteiger partial charge >= 0.3 is 0 Å². The van der Waals surface area contributed by atoms with Gasteiger partial charge in [-0.25, -0.2) is 0 Å². The maximum Gasteiger partial charge on any atom is 0.0553 e. The Hall–Kier alpha value is -7.00. The van der Waals surface area contributed by atoms with Crippen molar-refractivity contribution in [1.82, 2.24) is 4.57 Å². The Morgan fingerprint density at radius 1 is 0.373 bits per heavy atom. The van der Waals surface area contributed by atoms with Crippen molar-refractivity contribution >= 4 is 102 Å². The summed E-state index contributed by atoms with van der Waals surface area (Å²) in [6, 6.07) is 71.6. The molecule has 0 bridgehead atoms. The van der Waals surface area contributed by atoms with E-state index in [-0.39, 0.29) is 10.8 Å². The summed E-state index contributed by atoms with van der Waals surface area (Å²) in [5, 5.41) is 19.0. The van der Waals surface area contributed by atoms with E-state index >= 15 is 0 Å². The van der Waals surface area contributed by atoms with Gasteiger partial charge in [0.05, 0.1) is 11.0 Å². The van der Waals surface area contributed by atoms with Gasteiger partial charge in [-0.15, -0.1) is 0 Å². The van der Waals surface area contributed by atoms with Crippen LogP contribution >= 0.6 is 15.9 Å². The summed E-state index contributed by atoms with van der Waals surface area (Å²) in [7, 11) is 0. The maximum absolute atomic E-state index is 3.41. The molecule has 0 fully saturated rings. The van der Waals surface area contributed by atoms with E-state index in [2.05, 4.69) is 256 Å². The van der Waals surface area contributed by atoms with Crippen LogP contribution in [0.2, 0.25) is 0 Å². The van der Waals surface area contributed by atoms with Crippen molar-refractivity contribution in [3.05, 3.63) is 221 Å². The normalized spacial score (nSPS) is 12.6. The van der Waals surface area contributed by atoms with Gasteiger partial charge in [0.2, 0.25) is 0 Å². The van der Waals surface area contributed by atoms with E-state index in [1.54, 1.807) is 0 Å². The monoisotopic (exact) mass is 925 g/mol. The summed E-state index contributed by atoms with van der Waals surface area (Å²) in [5.41, 5.74) is 12.7. The molecule has 1 heterocycles. The molecule has 14 rings (SSSR count). The number of hydrogen-bond donors (Lipinski definition) is 0. The van der Waals surface area contributed by atoms with Crippen molar-refractivity contribution in [3.63, 3.8) is 0 Å². The lowest BCUT2D eigenvalue weighted by molar-refractivity contribution is 0.590. The minimum absolute atomic E-state index is 0.142. The minimum Gasteiger partial charge on any atom is -0.309 e. The number of nitrogens with zero attached hydrogens (tertiary/aromatic N) is 1. The van der Waals surface area contributed by atoms with Crippen molar-refractivity contribution in [1.29, 1.82) is 0 Å². The molecule has 1 aliphatic carbocycles.